The van der Waals surface area contributed by atoms with Crippen LogP contribution in [0.5, 0.6) is 5.75 Å². The topological polar surface area (TPSA) is 100 Å². The molecule has 130 valence electrons. The molecule has 8 heteroatoms. The Hall–Kier alpha value is -2.45. The normalized spacial score (nSPS) is 16.7. The van der Waals surface area contributed by atoms with E-state index in [1.54, 1.807) is 24.3 Å². The van der Waals surface area contributed by atoms with Crippen LogP contribution in [0.3, 0.4) is 0 Å². The number of aliphatic carboxylic acids is 1. The van der Waals surface area contributed by atoms with Gasteiger partial charge in [0.25, 0.3) is 5.91 Å². The summed E-state index contributed by atoms with van der Waals surface area (Å²) in [5.41, 5.74) is 3.24. The highest BCUT2D eigenvalue weighted by atomic mass is 16.5. The van der Waals surface area contributed by atoms with Gasteiger partial charge in [0.2, 0.25) is 0 Å². The average Bonchev–Trinajstić information content (AvgIpc) is 2.57. The highest BCUT2D eigenvalue weighted by Gasteiger charge is 2.13. The molecular formula is C16H21N3O5. The van der Waals surface area contributed by atoms with Gasteiger partial charge < -0.3 is 14.6 Å². The predicted molar refractivity (Wildman–Crippen MR) is 87.2 cm³/mol. The quantitative estimate of drug-likeness (QED) is 0.550. The van der Waals surface area contributed by atoms with Crippen LogP contribution in [0, 0.1) is 0 Å². The van der Waals surface area contributed by atoms with Crippen molar-refractivity contribution in [2.45, 2.75) is 13.0 Å². The zero-order valence-electron chi connectivity index (χ0n) is 13.5. The minimum Gasteiger partial charge on any atom is -0.479 e. The number of ether oxygens (including phenoxy) is 2. The van der Waals surface area contributed by atoms with Crippen molar-refractivity contribution in [3.63, 3.8) is 0 Å². The molecule has 0 aliphatic carbocycles. The van der Waals surface area contributed by atoms with Crippen molar-refractivity contribution in [2.24, 2.45) is 5.10 Å². The fourth-order valence-corrected chi connectivity index (χ4v) is 2.06. The van der Waals surface area contributed by atoms with Crippen LogP contribution in [-0.2, 0) is 14.3 Å². The molecule has 8 nitrogen and oxygen atoms in total. The fraction of sp³-hybridized carbons (Fsp3) is 0.438. The Balaban J connectivity index is 1.77. The highest BCUT2D eigenvalue weighted by Crippen LogP contribution is 2.13. The molecule has 24 heavy (non-hydrogen) atoms. The fourth-order valence-electron chi connectivity index (χ4n) is 2.06. The van der Waals surface area contributed by atoms with E-state index in [0.29, 0.717) is 25.5 Å². The molecule has 0 radical (unpaired) electrons. The van der Waals surface area contributed by atoms with Gasteiger partial charge in [-0.2, -0.15) is 5.10 Å². The Bertz CT molecular complexity index is 582. The molecule has 1 aromatic carbocycles. The molecule has 0 aromatic heterocycles. The third kappa shape index (κ3) is 5.98. The number of rotatable bonds is 7. The Labute approximate surface area is 140 Å². The lowest BCUT2D eigenvalue weighted by atomic mass is 10.2. The molecular weight excluding hydrogens is 314 g/mol. The number of hydrazone groups is 1. The average molecular weight is 335 g/mol. The molecule has 0 spiro atoms. The van der Waals surface area contributed by atoms with E-state index in [1.165, 1.54) is 13.1 Å². The number of carbonyl (C=O) groups excluding carboxylic acids is 1. The van der Waals surface area contributed by atoms with Gasteiger partial charge in [0.05, 0.1) is 26.0 Å². The Morgan fingerprint density at radius 3 is 2.67 bits per heavy atom. The van der Waals surface area contributed by atoms with Crippen LogP contribution >= 0.6 is 0 Å². The maximum absolute atomic E-state index is 11.8. The zero-order valence-corrected chi connectivity index (χ0v) is 13.5. The first-order valence-electron chi connectivity index (χ1n) is 7.66. The van der Waals surface area contributed by atoms with Gasteiger partial charge in [0.15, 0.2) is 6.10 Å². The molecule has 1 fully saturated rings. The van der Waals surface area contributed by atoms with Crippen LogP contribution in [-0.4, -0.2) is 67.0 Å². The molecule has 1 aliphatic rings. The second-order valence-electron chi connectivity index (χ2n) is 5.35. The first kappa shape index (κ1) is 17.9. The Morgan fingerprint density at radius 1 is 1.38 bits per heavy atom. The number of hydrogen-bond acceptors (Lipinski definition) is 6. The summed E-state index contributed by atoms with van der Waals surface area (Å²) in [6.07, 6.45) is 0.603. The molecule has 0 bridgehead atoms. The van der Waals surface area contributed by atoms with Crippen LogP contribution in [0.1, 0.15) is 12.5 Å². The molecule has 1 atom stereocenters. The van der Waals surface area contributed by atoms with Gasteiger partial charge >= 0.3 is 5.97 Å². The summed E-state index contributed by atoms with van der Waals surface area (Å²) in [5.74, 6) is -0.745. The van der Waals surface area contributed by atoms with Crippen LogP contribution in [0.25, 0.3) is 0 Å². The molecule has 0 saturated carbocycles. The molecule has 0 unspecified atom stereocenters. The molecule has 1 aliphatic heterocycles. The van der Waals surface area contributed by atoms with Crippen LogP contribution < -0.4 is 10.2 Å². The first-order chi connectivity index (χ1) is 11.5. The number of benzene rings is 1. The molecule has 1 heterocycles. The standard InChI is InChI=1S/C16H21N3O5/c1-12(16(21)22)24-14-4-2-13(3-5-14)10-17-18-15(20)11-19-6-8-23-9-7-19/h2-5,10,12H,6-9,11H2,1H3,(H,18,20)(H,21,22)/b17-10-/t12-/m1/s1. The minimum atomic E-state index is -1.02. The summed E-state index contributed by atoms with van der Waals surface area (Å²) in [7, 11) is 0. The van der Waals surface area contributed by atoms with E-state index in [1.807, 2.05) is 4.90 Å². The first-order valence-corrected chi connectivity index (χ1v) is 7.66. The summed E-state index contributed by atoms with van der Waals surface area (Å²) in [6, 6.07) is 6.75. The molecule has 1 saturated heterocycles. The van der Waals surface area contributed by atoms with Gasteiger partial charge in [0.1, 0.15) is 5.75 Å². The molecule has 1 aromatic rings. The van der Waals surface area contributed by atoms with Gasteiger partial charge in [-0.1, -0.05) is 0 Å². The van der Waals surface area contributed by atoms with Crippen molar-refractivity contribution in [2.75, 3.05) is 32.8 Å². The lowest BCUT2D eigenvalue weighted by Gasteiger charge is -2.25. The summed E-state index contributed by atoms with van der Waals surface area (Å²) in [4.78, 5) is 24.5. The maximum Gasteiger partial charge on any atom is 0.344 e. The van der Waals surface area contributed by atoms with Crippen molar-refractivity contribution in [3.05, 3.63) is 29.8 Å². The van der Waals surface area contributed by atoms with E-state index in [9.17, 15) is 9.59 Å². The lowest BCUT2D eigenvalue weighted by molar-refractivity contribution is -0.144. The third-order valence-corrected chi connectivity index (χ3v) is 3.41. The summed E-state index contributed by atoms with van der Waals surface area (Å²) < 4.78 is 10.4. The second-order valence-corrected chi connectivity index (χ2v) is 5.35. The highest BCUT2D eigenvalue weighted by molar-refractivity contribution is 5.83. The van der Waals surface area contributed by atoms with Crippen LogP contribution in [0.2, 0.25) is 0 Å². The third-order valence-electron chi connectivity index (χ3n) is 3.41. The van der Waals surface area contributed by atoms with Gasteiger partial charge in [0, 0.05) is 13.1 Å². The number of nitrogens with one attached hydrogen (secondary N) is 1. The maximum atomic E-state index is 11.8. The van der Waals surface area contributed by atoms with Crippen molar-refractivity contribution in [3.8, 4) is 5.75 Å². The van der Waals surface area contributed by atoms with E-state index in [-0.39, 0.29) is 5.91 Å². The number of morpholine rings is 1. The number of carboxylic acid groups (broad SMARTS) is 1. The Kier molecular flexibility index (Phi) is 6.71. The number of carboxylic acids is 1. The largest absolute Gasteiger partial charge is 0.479 e. The number of carbonyl (C=O) groups is 2. The number of nitrogens with zero attached hydrogens (tertiary/aromatic N) is 2. The number of hydrogen-bond donors (Lipinski definition) is 2. The summed E-state index contributed by atoms with van der Waals surface area (Å²) in [6.45, 7) is 4.53. The van der Waals surface area contributed by atoms with Crippen molar-refractivity contribution < 1.29 is 24.2 Å². The van der Waals surface area contributed by atoms with E-state index in [4.69, 9.17) is 14.6 Å². The van der Waals surface area contributed by atoms with Gasteiger partial charge in [-0.15, -0.1) is 0 Å². The van der Waals surface area contributed by atoms with E-state index >= 15 is 0 Å². The smallest absolute Gasteiger partial charge is 0.344 e. The monoisotopic (exact) mass is 335 g/mol. The lowest BCUT2D eigenvalue weighted by Crippen LogP contribution is -2.42. The van der Waals surface area contributed by atoms with Crippen LogP contribution in [0.15, 0.2) is 29.4 Å². The van der Waals surface area contributed by atoms with Gasteiger partial charge in [-0.25, -0.2) is 10.2 Å². The van der Waals surface area contributed by atoms with E-state index in [2.05, 4.69) is 10.5 Å². The van der Waals surface area contributed by atoms with E-state index < -0.39 is 12.1 Å². The molecule has 1 amide bonds. The van der Waals surface area contributed by atoms with Crippen molar-refractivity contribution in [1.29, 1.82) is 0 Å². The molecule has 2 N–H and O–H groups in total. The van der Waals surface area contributed by atoms with Crippen LogP contribution in [0.4, 0.5) is 0 Å². The van der Waals surface area contributed by atoms with Gasteiger partial charge in [-0.05, 0) is 36.8 Å². The van der Waals surface area contributed by atoms with E-state index in [0.717, 1.165) is 18.7 Å². The molecule has 2 rings (SSSR count). The predicted octanol–water partition coefficient (Wildman–Crippen LogP) is 0.321. The Morgan fingerprint density at radius 2 is 2.04 bits per heavy atom. The van der Waals surface area contributed by atoms with Crippen molar-refractivity contribution in [1.82, 2.24) is 10.3 Å². The zero-order chi connectivity index (χ0) is 17.4. The number of amides is 1. The SMILES string of the molecule is C[C@@H](Oc1ccc(/C=N\NC(=O)CN2CCOCC2)cc1)C(=O)O. The summed E-state index contributed by atoms with van der Waals surface area (Å²) >= 11 is 0. The minimum absolute atomic E-state index is 0.177. The van der Waals surface area contributed by atoms with Crippen molar-refractivity contribution >= 4 is 18.1 Å². The summed E-state index contributed by atoms with van der Waals surface area (Å²) in [5, 5.41) is 12.7. The second kappa shape index (κ2) is 8.99. The van der Waals surface area contributed by atoms with Gasteiger partial charge in [-0.3, -0.25) is 9.69 Å².